The number of benzene rings is 2. The number of carbonyl (C=O) groups excluding carboxylic acids is 1. The number of carbonyl (C=O) groups is 1. The highest BCUT2D eigenvalue weighted by atomic mass is 16.6. The van der Waals surface area contributed by atoms with E-state index in [0.717, 1.165) is 16.9 Å². The molecular weight excluding hydrogens is 288 g/mol. The molecule has 2 aromatic carbocycles. The Morgan fingerprint density at radius 2 is 1.52 bits per heavy atom. The Hall–Kier alpha value is -2.29. The highest BCUT2D eigenvalue weighted by molar-refractivity contribution is 5.70. The molecule has 0 heterocycles. The minimum atomic E-state index is -0.421. The van der Waals surface area contributed by atoms with Gasteiger partial charge in [0.1, 0.15) is 18.0 Å². The van der Waals surface area contributed by atoms with Crippen molar-refractivity contribution in [3.63, 3.8) is 0 Å². The lowest BCUT2D eigenvalue weighted by Crippen LogP contribution is -2.24. The quantitative estimate of drug-likeness (QED) is 0.735. The van der Waals surface area contributed by atoms with Crippen molar-refractivity contribution in [2.75, 3.05) is 0 Å². The second kappa shape index (κ2) is 7.82. The molecule has 0 saturated heterocycles. The molecule has 0 aliphatic heterocycles. The molecule has 3 heteroatoms. The van der Waals surface area contributed by atoms with Gasteiger partial charge in [0.25, 0.3) is 0 Å². The maximum Gasteiger partial charge on any atom is 0.306 e. The lowest BCUT2D eigenvalue weighted by atomic mass is 10.1. The molecule has 2 rings (SSSR count). The van der Waals surface area contributed by atoms with Crippen molar-refractivity contribution in [1.82, 2.24) is 0 Å². The average molecular weight is 312 g/mol. The van der Waals surface area contributed by atoms with Gasteiger partial charge in [-0.05, 0) is 50.5 Å². The van der Waals surface area contributed by atoms with Crippen molar-refractivity contribution in [3.8, 4) is 5.75 Å². The number of aryl methyl sites for hydroxylation is 1. The topological polar surface area (TPSA) is 35.5 Å². The molecule has 0 fully saturated rings. The van der Waals surface area contributed by atoms with Crippen LogP contribution in [-0.2, 0) is 22.6 Å². The van der Waals surface area contributed by atoms with Crippen LogP contribution in [0.1, 0.15) is 38.3 Å². The van der Waals surface area contributed by atoms with Crippen LogP contribution in [0.5, 0.6) is 5.75 Å². The predicted octanol–water partition coefficient (Wildman–Crippen LogP) is 4.54. The fourth-order valence-electron chi connectivity index (χ4n) is 2.12. The van der Waals surface area contributed by atoms with Crippen molar-refractivity contribution in [2.45, 2.75) is 45.8 Å². The fourth-order valence-corrected chi connectivity index (χ4v) is 2.12. The van der Waals surface area contributed by atoms with Crippen LogP contribution in [0.2, 0.25) is 0 Å². The Kier molecular flexibility index (Phi) is 5.80. The highest BCUT2D eigenvalue weighted by Gasteiger charge is 2.15. The molecule has 0 radical (unpaired) electrons. The van der Waals surface area contributed by atoms with E-state index in [9.17, 15) is 4.79 Å². The standard InChI is InChI=1S/C20H24O3/c1-20(2,3)23-19(21)14-13-16-9-11-17(12-10-16)15-22-18-7-5-4-6-8-18/h4-12H,13-15H2,1-3H3. The van der Waals surface area contributed by atoms with Gasteiger partial charge >= 0.3 is 5.97 Å². The summed E-state index contributed by atoms with van der Waals surface area (Å²) in [4.78, 5) is 11.7. The molecule has 2 aromatic rings. The number of rotatable bonds is 6. The van der Waals surface area contributed by atoms with Gasteiger partial charge in [-0.25, -0.2) is 0 Å². The summed E-state index contributed by atoms with van der Waals surface area (Å²) in [6.45, 7) is 6.18. The normalized spacial score (nSPS) is 11.1. The third-order valence-electron chi connectivity index (χ3n) is 3.21. The maximum atomic E-state index is 11.7. The van der Waals surface area contributed by atoms with Gasteiger partial charge in [0.15, 0.2) is 0 Å². The van der Waals surface area contributed by atoms with Crippen LogP contribution in [0.3, 0.4) is 0 Å². The molecular formula is C20H24O3. The summed E-state index contributed by atoms with van der Waals surface area (Å²) < 4.78 is 11.0. The zero-order chi connectivity index (χ0) is 16.7. The van der Waals surface area contributed by atoms with Crippen molar-refractivity contribution in [2.24, 2.45) is 0 Å². The largest absolute Gasteiger partial charge is 0.489 e. The SMILES string of the molecule is CC(C)(C)OC(=O)CCc1ccc(COc2ccccc2)cc1. The second-order valence-electron chi connectivity index (χ2n) is 6.50. The Morgan fingerprint density at radius 1 is 0.913 bits per heavy atom. The number of hydrogen-bond acceptors (Lipinski definition) is 3. The van der Waals surface area contributed by atoms with Crippen molar-refractivity contribution >= 4 is 5.97 Å². The number of hydrogen-bond donors (Lipinski definition) is 0. The van der Waals surface area contributed by atoms with E-state index in [-0.39, 0.29) is 5.97 Å². The average Bonchev–Trinajstić information content (AvgIpc) is 2.51. The maximum absolute atomic E-state index is 11.7. The molecule has 0 bridgehead atoms. The van der Waals surface area contributed by atoms with E-state index in [2.05, 4.69) is 0 Å². The molecule has 3 nitrogen and oxygen atoms in total. The zero-order valence-electron chi connectivity index (χ0n) is 14.0. The highest BCUT2D eigenvalue weighted by Crippen LogP contribution is 2.14. The van der Waals surface area contributed by atoms with E-state index in [1.54, 1.807) is 0 Å². The number of ether oxygens (including phenoxy) is 2. The molecule has 0 amide bonds. The van der Waals surface area contributed by atoms with Crippen LogP contribution >= 0.6 is 0 Å². The molecule has 0 aromatic heterocycles. The van der Waals surface area contributed by atoms with Crippen LogP contribution in [0, 0.1) is 0 Å². The summed E-state index contributed by atoms with van der Waals surface area (Å²) in [7, 11) is 0. The van der Waals surface area contributed by atoms with Crippen LogP contribution in [0.15, 0.2) is 54.6 Å². The lowest BCUT2D eigenvalue weighted by molar-refractivity contribution is -0.154. The number of esters is 1. The molecule has 122 valence electrons. The first-order valence-corrected chi connectivity index (χ1v) is 7.90. The van der Waals surface area contributed by atoms with Crippen LogP contribution in [-0.4, -0.2) is 11.6 Å². The molecule has 0 atom stereocenters. The first-order valence-electron chi connectivity index (χ1n) is 7.90. The van der Waals surface area contributed by atoms with Crippen molar-refractivity contribution in [3.05, 3.63) is 65.7 Å². The van der Waals surface area contributed by atoms with Crippen molar-refractivity contribution < 1.29 is 14.3 Å². The summed E-state index contributed by atoms with van der Waals surface area (Å²) in [5.74, 6) is 0.704. The van der Waals surface area contributed by atoms with E-state index in [4.69, 9.17) is 9.47 Å². The predicted molar refractivity (Wildman–Crippen MR) is 91.4 cm³/mol. The molecule has 0 saturated carbocycles. The molecule has 0 spiro atoms. The van der Waals surface area contributed by atoms with Crippen LogP contribution in [0.4, 0.5) is 0 Å². The Labute approximate surface area is 138 Å². The van der Waals surface area contributed by atoms with Gasteiger partial charge in [-0.1, -0.05) is 42.5 Å². The van der Waals surface area contributed by atoms with Gasteiger partial charge < -0.3 is 9.47 Å². The smallest absolute Gasteiger partial charge is 0.306 e. The van der Waals surface area contributed by atoms with E-state index in [1.807, 2.05) is 75.4 Å². The Bertz CT molecular complexity index is 610. The first-order chi connectivity index (χ1) is 10.9. The van der Waals surface area contributed by atoms with Gasteiger partial charge in [-0.2, -0.15) is 0 Å². The lowest BCUT2D eigenvalue weighted by Gasteiger charge is -2.19. The summed E-state index contributed by atoms with van der Waals surface area (Å²) in [5, 5.41) is 0. The Morgan fingerprint density at radius 3 is 2.13 bits per heavy atom. The second-order valence-corrected chi connectivity index (χ2v) is 6.50. The van der Waals surface area contributed by atoms with Crippen LogP contribution < -0.4 is 4.74 Å². The van der Waals surface area contributed by atoms with Gasteiger partial charge in [0, 0.05) is 6.42 Å². The van der Waals surface area contributed by atoms with Gasteiger partial charge in [-0.3, -0.25) is 4.79 Å². The third kappa shape index (κ3) is 6.55. The summed E-state index contributed by atoms with van der Waals surface area (Å²) >= 11 is 0. The zero-order valence-corrected chi connectivity index (χ0v) is 14.0. The first kappa shape index (κ1) is 17.1. The Balaban J connectivity index is 1.79. The monoisotopic (exact) mass is 312 g/mol. The van der Waals surface area contributed by atoms with Crippen molar-refractivity contribution in [1.29, 1.82) is 0 Å². The molecule has 0 unspecified atom stereocenters. The van der Waals surface area contributed by atoms with E-state index >= 15 is 0 Å². The summed E-state index contributed by atoms with van der Waals surface area (Å²) in [5.41, 5.74) is 1.81. The van der Waals surface area contributed by atoms with Gasteiger partial charge in [0.2, 0.25) is 0 Å². The molecule has 0 aliphatic rings. The van der Waals surface area contributed by atoms with Gasteiger partial charge in [-0.15, -0.1) is 0 Å². The summed E-state index contributed by atoms with van der Waals surface area (Å²) in [6, 6.07) is 17.9. The van der Waals surface area contributed by atoms with E-state index < -0.39 is 5.60 Å². The molecule has 0 aliphatic carbocycles. The van der Waals surface area contributed by atoms with E-state index in [0.29, 0.717) is 19.4 Å². The van der Waals surface area contributed by atoms with E-state index in [1.165, 1.54) is 0 Å². The summed E-state index contributed by atoms with van der Waals surface area (Å²) in [6.07, 6.45) is 1.09. The van der Waals surface area contributed by atoms with Crippen LogP contribution in [0.25, 0.3) is 0 Å². The molecule has 23 heavy (non-hydrogen) atoms. The third-order valence-corrected chi connectivity index (χ3v) is 3.21. The minimum absolute atomic E-state index is 0.158. The fraction of sp³-hybridized carbons (Fsp3) is 0.350. The number of para-hydroxylation sites is 1. The molecule has 0 N–H and O–H groups in total. The minimum Gasteiger partial charge on any atom is -0.489 e. The van der Waals surface area contributed by atoms with Gasteiger partial charge in [0.05, 0.1) is 0 Å².